The molecule has 0 aliphatic heterocycles. The summed E-state index contributed by atoms with van der Waals surface area (Å²) in [5, 5.41) is 8.57. The van der Waals surface area contributed by atoms with Crippen LogP contribution in [-0.2, 0) is 0 Å². The Morgan fingerprint density at radius 1 is 1.06 bits per heavy atom. The van der Waals surface area contributed by atoms with Gasteiger partial charge in [0.15, 0.2) is 11.6 Å². The summed E-state index contributed by atoms with van der Waals surface area (Å²) in [7, 11) is 0. The van der Waals surface area contributed by atoms with Gasteiger partial charge in [-0.05, 0) is 30.3 Å². The summed E-state index contributed by atoms with van der Waals surface area (Å²) in [6, 6.07) is 11.0. The number of benzene rings is 2. The van der Waals surface area contributed by atoms with Crippen LogP contribution in [0.2, 0.25) is 0 Å². The first-order valence-electron chi connectivity index (χ1n) is 4.82. The summed E-state index contributed by atoms with van der Waals surface area (Å²) in [6.07, 6.45) is 0. The number of rotatable bonds is 2. The summed E-state index contributed by atoms with van der Waals surface area (Å²) in [5.41, 5.74) is 0.203. The quantitative estimate of drug-likeness (QED) is 0.790. The van der Waals surface area contributed by atoms with Crippen LogP contribution in [0.25, 0.3) is 0 Å². The van der Waals surface area contributed by atoms with E-state index in [1.54, 1.807) is 0 Å². The molecule has 0 fully saturated rings. The van der Waals surface area contributed by atoms with E-state index in [0.717, 1.165) is 12.1 Å². The molecule has 0 unspecified atom stereocenters. The third-order valence-corrected chi connectivity index (χ3v) is 2.08. The normalized spacial score (nSPS) is 9.71. The Morgan fingerprint density at radius 2 is 1.88 bits per heavy atom. The predicted octanol–water partition coefficient (Wildman–Crippen LogP) is 3.63. The van der Waals surface area contributed by atoms with Gasteiger partial charge in [-0.1, -0.05) is 6.07 Å². The highest BCUT2D eigenvalue weighted by atomic mass is 19.1. The molecule has 0 amide bonds. The minimum Gasteiger partial charge on any atom is -0.454 e. The third kappa shape index (κ3) is 2.58. The zero-order chi connectivity index (χ0) is 12.3. The van der Waals surface area contributed by atoms with E-state index in [-0.39, 0.29) is 17.1 Å². The minimum atomic E-state index is -0.659. The SMILES string of the molecule is N#Cc1ccc(Oc2cccc(F)c2)c(F)c1. The second-order valence-corrected chi connectivity index (χ2v) is 3.32. The van der Waals surface area contributed by atoms with Crippen molar-refractivity contribution in [3.05, 3.63) is 59.7 Å². The lowest BCUT2D eigenvalue weighted by Gasteiger charge is -2.06. The maximum Gasteiger partial charge on any atom is 0.167 e. The van der Waals surface area contributed by atoms with Gasteiger partial charge in [0.2, 0.25) is 0 Å². The van der Waals surface area contributed by atoms with E-state index in [1.807, 2.05) is 6.07 Å². The number of nitriles is 1. The summed E-state index contributed by atoms with van der Waals surface area (Å²) in [4.78, 5) is 0. The van der Waals surface area contributed by atoms with E-state index in [0.29, 0.717) is 0 Å². The highest BCUT2D eigenvalue weighted by Crippen LogP contribution is 2.25. The van der Waals surface area contributed by atoms with Gasteiger partial charge in [0.25, 0.3) is 0 Å². The van der Waals surface area contributed by atoms with E-state index in [2.05, 4.69) is 0 Å². The van der Waals surface area contributed by atoms with Crippen molar-refractivity contribution in [1.29, 1.82) is 5.26 Å². The summed E-state index contributed by atoms with van der Waals surface area (Å²) < 4.78 is 31.5. The van der Waals surface area contributed by atoms with Crippen molar-refractivity contribution < 1.29 is 13.5 Å². The van der Waals surface area contributed by atoms with Gasteiger partial charge in [-0.2, -0.15) is 5.26 Å². The first kappa shape index (κ1) is 11.1. The van der Waals surface area contributed by atoms with Gasteiger partial charge in [-0.25, -0.2) is 8.78 Å². The predicted molar refractivity (Wildman–Crippen MR) is 57.6 cm³/mol. The fourth-order valence-corrected chi connectivity index (χ4v) is 1.31. The molecule has 0 spiro atoms. The molecule has 0 aliphatic rings. The second-order valence-electron chi connectivity index (χ2n) is 3.32. The number of hydrogen-bond donors (Lipinski definition) is 0. The molecule has 2 aromatic carbocycles. The molecular weight excluding hydrogens is 224 g/mol. The van der Waals surface area contributed by atoms with Crippen LogP contribution in [0.1, 0.15) is 5.56 Å². The van der Waals surface area contributed by atoms with E-state index >= 15 is 0 Å². The molecule has 2 aromatic rings. The molecule has 0 bridgehead atoms. The van der Waals surface area contributed by atoms with E-state index < -0.39 is 11.6 Å². The maximum absolute atomic E-state index is 13.5. The Hall–Kier alpha value is -2.41. The molecule has 2 nitrogen and oxygen atoms in total. The van der Waals surface area contributed by atoms with Gasteiger partial charge >= 0.3 is 0 Å². The van der Waals surface area contributed by atoms with Crippen LogP contribution in [0, 0.1) is 23.0 Å². The number of ether oxygens (including phenoxy) is 1. The number of nitrogens with zero attached hydrogens (tertiary/aromatic N) is 1. The highest BCUT2D eigenvalue weighted by Gasteiger charge is 2.06. The second kappa shape index (κ2) is 4.62. The molecule has 0 saturated carbocycles. The molecule has 0 aliphatic carbocycles. The molecule has 0 aromatic heterocycles. The van der Waals surface area contributed by atoms with Gasteiger partial charge in [0.1, 0.15) is 11.6 Å². The Labute approximate surface area is 96.7 Å². The molecular formula is C13H7F2NO. The van der Waals surface area contributed by atoms with Crippen LogP contribution in [0.4, 0.5) is 8.78 Å². The van der Waals surface area contributed by atoms with Crippen molar-refractivity contribution in [2.45, 2.75) is 0 Å². The zero-order valence-electron chi connectivity index (χ0n) is 8.65. The van der Waals surface area contributed by atoms with Gasteiger partial charge in [0, 0.05) is 6.07 Å². The minimum absolute atomic E-state index is 0.0467. The monoisotopic (exact) mass is 231 g/mol. The van der Waals surface area contributed by atoms with Crippen molar-refractivity contribution in [2.75, 3.05) is 0 Å². The molecule has 0 saturated heterocycles. The third-order valence-electron chi connectivity index (χ3n) is 2.08. The van der Waals surface area contributed by atoms with E-state index in [9.17, 15) is 8.78 Å². The van der Waals surface area contributed by atoms with Crippen LogP contribution in [0.15, 0.2) is 42.5 Å². The Morgan fingerprint density at radius 3 is 2.53 bits per heavy atom. The largest absolute Gasteiger partial charge is 0.454 e. The molecule has 0 heterocycles. The molecule has 0 radical (unpaired) electrons. The van der Waals surface area contributed by atoms with Crippen molar-refractivity contribution in [3.63, 3.8) is 0 Å². The Bertz CT molecular complexity index is 590. The van der Waals surface area contributed by atoms with E-state index in [1.165, 1.54) is 30.3 Å². The van der Waals surface area contributed by atoms with Crippen LogP contribution < -0.4 is 4.74 Å². The van der Waals surface area contributed by atoms with Gasteiger partial charge in [-0.3, -0.25) is 0 Å². The van der Waals surface area contributed by atoms with Crippen LogP contribution in [0.5, 0.6) is 11.5 Å². The van der Waals surface area contributed by atoms with Crippen molar-refractivity contribution in [3.8, 4) is 17.6 Å². The Balaban J connectivity index is 2.28. The molecule has 0 N–H and O–H groups in total. The van der Waals surface area contributed by atoms with Crippen LogP contribution in [-0.4, -0.2) is 0 Å². The number of halogens is 2. The van der Waals surface area contributed by atoms with Gasteiger partial charge < -0.3 is 4.74 Å². The summed E-state index contributed by atoms with van der Waals surface area (Å²) in [6.45, 7) is 0. The fourth-order valence-electron chi connectivity index (χ4n) is 1.31. The standard InChI is InChI=1S/C13H7F2NO/c14-10-2-1-3-11(7-10)17-13-5-4-9(8-16)6-12(13)15/h1-7H. The highest BCUT2D eigenvalue weighted by molar-refractivity contribution is 5.38. The summed E-state index contributed by atoms with van der Waals surface area (Å²) >= 11 is 0. The van der Waals surface area contributed by atoms with Gasteiger partial charge in [0.05, 0.1) is 11.6 Å². The molecule has 4 heteroatoms. The first-order chi connectivity index (χ1) is 8.19. The average molecular weight is 231 g/mol. The van der Waals surface area contributed by atoms with Crippen molar-refractivity contribution in [1.82, 2.24) is 0 Å². The smallest absolute Gasteiger partial charge is 0.167 e. The zero-order valence-corrected chi connectivity index (χ0v) is 8.65. The molecule has 17 heavy (non-hydrogen) atoms. The first-order valence-corrected chi connectivity index (χ1v) is 4.82. The average Bonchev–Trinajstić information content (AvgIpc) is 2.32. The lowest BCUT2D eigenvalue weighted by Crippen LogP contribution is -1.89. The molecule has 0 atom stereocenters. The van der Waals surface area contributed by atoms with Gasteiger partial charge in [-0.15, -0.1) is 0 Å². The van der Waals surface area contributed by atoms with Crippen molar-refractivity contribution in [2.24, 2.45) is 0 Å². The van der Waals surface area contributed by atoms with Crippen LogP contribution in [0.3, 0.4) is 0 Å². The van der Waals surface area contributed by atoms with Crippen LogP contribution >= 0.6 is 0 Å². The number of hydrogen-bond acceptors (Lipinski definition) is 2. The van der Waals surface area contributed by atoms with E-state index in [4.69, 9.17) is 10.00 Å². The Kier molecular flexibility index (Phi) is 3.01. The topological polar surface area (TPSA) is 33.0 Å². The molecule has 2 rings (SSSR count). The van der Waals surface area contributed by atoms with Crippen molar-refractivity contribution >= 4 is 0 Å². The lowest BCUT2D eigenvalue weighted by atomic mass is 10.2. The fraction of sp³-hybridized carbons (Fsp3) is 0. The molecule has 84 valence electrons. The maximum atomic E-state index is 13.5. The summed E-state index contributed by atoms with van der Waals surface area (Å²) in [5.74, 6) is -0.965. The lowest BCUT2D eigenvalue weighted by molar-refractivity contribution is 0.438.